The number of hydrogen-bond acceptors (Lipinski definition) is 7. The van der Waals surface area contributed by atoms with Crippen molar-refractivity contribution >= 4 is 33.4 Å². The molecule has 0 spiro atoms. The molecule has 1 atom stereocenters. The van der Waals surface area contributed by atoms with Crippen molar-refractivity contribution in [2.24, 2.45) is 7.05 Å². The summed E-state index contributed by atoms with van der Waals surface area (Å²) in [5, 5.41) is 11.7. The number of benzene rings is 1. The normalized spacial score (nSPS) is 16.6. The number of anilines is 1. The Morgan fingerprint density at radius 2 is 2.07 bits per heavy atom. The summed E-state index contributed by atoms with van der Waals surface area (Å²) in [6.07, 6.45) is 3.27. The first kappa shape index (κ1) is 22.6. The molecule has 1 N–H and O–H groups in total. The summed E-state index contributed by atoms with van der Waals surface area (Å²) in [4.78, 5) is 12.1. The van der Waals surface area contributed by atoms with Crippen LogP contribution in [-0.4, -0.2) is 60.4 Å². The van der Waals surface area contributed by atoms with E-state index in [1.807, 2.05) is 19.1 Å². The van der Waals surface area contributed by atoms with E-state index < -0.39 is 10.0 Å². The smallest absolute Gasteiger partial charge is 0.232 e. The van der Waals surface area contributed by atoms with Crippen molar-refractivity contribution in [3.8, 4) is 0 Å². The van der Waals surface area contributed by atoms with Crippen molar-refractivity contribution in [2.75, 3.05) is 29.5 Å². The largest absolute Gasteiger partial charge is 0.376 e. The van der Waals surface area contributed by atoms with Crippen LogP contribution in [0, 0.1) is 6.92 Å². The third-order valence-electron chi connectivity index (χ3n) is 4.82. The molecule has 1 aliphatic rings. The second-order valence-corrected chi connectivity index (χ2v) is 10.1. The van der Waals surface area contributed by atoms with Crippen molar-refractivity contribution in [3.05, 3.63) is 35.7 Å². The molecule has 2 aromatic rings. The van der Waals surface area contributed by atoms with Gasteiger partial charge in [0, 0.05) is 20.2 Å². The molecule has 30 heavy (non-hydrogen) atoms. The molecule has 164 valence electrons. The number of nitrogens with one attached hydrogen (secondary N) is 1. The van der Waals surface area contributed by atoms with Crippen molar-refractivity contribution in [1.82, 2.24) is 20.1 Å². The number of thioether (sulfide) groups is 1. The van der Waals surface area contributed by atoms with Gasteiger partial charge in [0.05, 0.1) is 30.3 Å². The summed E-state index contributed by atoms with van der Waals surface area (Å²) in [5.74, 6) is 0.590. The van der Waals surface area contributed by atoms with Crippen LogP contribution < -0.4 is 9.62 Å². The monoisotopic (exact) mass is 453 g/mol. The maximum absolute atomic E-state index is 12.3. The average Bonchev–Trinajstić information content (AvgIpc) is 3.33. The second-order valence-electron chi connectivity index (χ2n) is 7.29. The molecule has 9 nitrogen and oxygen atoms in total. The standard InChI is InChI=1S/C19H27N5O4S2/c1-14-6-8-15(9-7-14)24(30(3,26)27)12-17-21-22-19(23(17)2)29-13-18(25)20-11-16-5-4-10-28-16/h6-9,16H,4-5,10-13H2,1-3H3,(H,20,25). The fourth-order valence-electron chi connectivity index (χ4n) is 3.06. The fourth-order valence-corrected chi connectivity index (χ4v) is 4.68. The first-order chi connectivity index (χ1) is 14.2. The van der Waals surface area contributed by atoms with Crippen molar-refractivity contribution in [1.29, 1.82) is 0 Å². The number of aryl methyl sites for hydroxylation is 1. The number of sulfonamides is 1. The van der Waals surface area contributed by atoms with E-state index in [1.54, 1.807) is 23.7 Å². The highest BCUT2D eigenvalue weighted by Gasteiger charge is 2.22. The maximum atomic E-state index is 12.3. The lowest BCUT2D eigenvalue weighted by Crippen LogP contribution is -2.33. The summed E-state index contributed by atoms with van der Waals surface area (Å²) < 4.78 is 33.2. The number of aromatic nitrogens is 3. The van der Waals surface area contributed by atoms with E-state index in [0.29, 0.717) is 23.2 Å². The van der Waals surface area contributed by atoms with Gasteiger partial charge in [-0.2, -0.15) is 0 Å². The van der Waals surface area contributed by atoms with E-state index in [2.05, 4.69) is 15.5 Å². The Labute approximate surface area is 181 Å². The van der Waals surface area contributed by atoms with Gasteiger partial charge in [-0.15, -0.1) is 10.2 Å². The predicted octanol–water partition coefficient (Wildman–Crippen LogP) is 1.48. The number of carbonyl (C=O) groups is 1. The highest BCUT2D eigenvalue weighted by Crippen LogP contribution is 2.22. The maximum Gasteiger partial charge on any atom is 0.232 e. The van der Waals surface area contributed by atoms with E-state index in [9.17, 15) is 13.2 Å². The van der Waals surface area contributed by atoms with Gasteiger partial charge in [-0.25, -0.2) is 8.42 Å². The first-order valence-corrected chi connectivity index (χ1v) is 12.5. The summed E-state index contributed by atoms with van der Waals surface area (Å²) >= 11 is 1.26. The molecule has 0 radical (unpaired) electrons. The van der Waals surface area contributed by atoms with Gasteiger partial charge in [-0.05, 0) is 31.9 Å². The van der Waals surface area contributed by atoms with Crippen LogP contribution in [0.5, 0.6) is 0 Å². The predicted molar refractivity (Wildman–Crippen MR) is 116 cm³/mol. The Hall–Kier alpha value is -2.11. The van der Waals surface area contributed by atoms with Gasteiger partial charge >= 0.3 is 0 Å². The van der Waals surface area contributed by atoms with Gasteiger partial charge in [-0.3, -0.25) is 9.10 Å². The first-order valence-electron chi connectivity index (χ1n) is 9.68. The summed E-state index contributed by atoms with van der Waals surface area (Å²) in [5.41, 5.74) is 1.61. The van der Waals surface area contributed by atoms with Gasteiger partial charge in [0.1, 0.15) is 0 Å². The lowest BCUT2D eigenvalue weighted by atomic mass is 10.2. The Balaban J connectivity index is 1.61. The number of amides is 1. The molecule has 11 heteroatoms. The van der Waals surface area contributed by atoms with Crippen LogP contribution in [0.3, 0.4) is 0 Å². The molecule has 1 saturated heterocycles. The van der Waals surface area contributed by atoms with Crippen LogP contribution in [0.1, 0.15) is 24.2 Å². The minimum Gasteiger partial charge on any atom is -0.376 e. The van der Waals surface area contributed by atoms with Crippen LogP contribution in [-0.2, 0) is 33.1 Å². The lowest BCUT2D eigenvalue weighted by molar-refractivity contribution is -0.119. The minimum absolute atomic E-state index is 0.0527. The zero-order chi connectivity index (χ0) is 21.7. The van der Waals surface area contributed by atoms with E-state index >= 15 is 0 Å². The molecule has 1 amide bonds. The lowest BCUT2D eigenvalue weighted by Gasteiger charge is -2.22. The van der Waals surface area contributed by atoms with Gasteiger partial charge in [0.25, 0.3) is 0 Å². The second kappa shape index (κ2) is 9.80. The summed E-state index contributed by atoms with van der Waals surface area (Å²) in [6.45, 7) is 3.27. The fraction of sp³-hybridized carbons (Fsp3) is 0.526. The van der Waals surface area contributed by atoms with Gasteiger partial charge in [-0.1, -0.05) is 29.5 Å². The number of carbonyl (C=O) groups excluding carboxylic acids is 1. The quantitative estimate of drug-likeness (QED) is 0.573. The van der Waals surface area contributed by atoms with Crippen molar-refractivity contribution in [3.63, 3.8) is 0 Å². The molecule has 1 aromatic carbocycles. The molecule has 3 rings (SSSR count). The SMILES string of the molecule is Cc1ccc(N(Cc2nnc(SCC(=O)NCC3CCCO3)n2C)S(C)(=O)=O)cc1. The molecule has 2 heterocycles. The Morgan fingerprint density at radius 1 is 1.33 bits per heavy atom. The molecule has 0 aliphatic carbocycles. The zero-order valence-corrected chi connectivity index (χ0v) is 19.0. The third-order valence-corrected chi connectivity index (χ3v) is 6.98. The van der Waals surface area contributed by atoms with Crippen LogP contribution >= 0.6 is 11.8 Å². The molecule has 0 bridgehead atoms. The number of nitrogens with zero attached hydrogens (tertiary/aromatic N) is 4. The van der Waals surface area contributed by atoms with Gasteiger partial charge < -0.3 is 14.6 Å². The van der Waals surface area contributed by atoms with E-state index in [4.69, 9.17) is 4.74 Å². The molecule has 1 aromatic heterocycles. The van der Waals surface area contributed by atoms with Gasteiger partial charge in [0.2, 0.25) is 15.9 Å². The molecule has 1 unspecified atom stereocenters. The molecule has 0 saturated carbocycles. The van der Waals surface area contributed by atoms with Gasteiger partial charge in [0.15, 0.2) is 11.0 Å². The number of hydrogen-bond donors (Lipinski definition) is 1. The highest BCUT2D eigenvalue weighted by molar-refractivity contribution is 7.99. The zero-order valence-electron chi connectivity index (χ0n) is 17.4. The van der Waals surface area contributed by atoms with Crippen LogP contribution in [0.2, 0.25) is 0 Å². The number of rotatable bonds is 9. The van der Waals surface area contributed by atoms with Crippen LogP contribution in [0.15, 0.2) is 29.4 Å². The van der Waals surface area contributed by atoms with Crippen molar-refractivity contribution < 1.29 is 17.9 Å². The molecule has 1 aliphatic heterocycles. The van der Waals surface area contributed by atoms with Crippen LogP contribution in [0.25, 0.3) is 0 Å². The van der Waals surface area contributed by atoms with E-state index in [0.717, 1.165) is 31.3 Å². The Kier molecular flexibility index (Phi) is 7.37. The molecule has 1 fully saturated rings. The summed E-state index contributed by atoms with van der Waals surface area (Å²) in [7, 11) is -1.75. The van der Waals surface area contributed by atoms with E-state index in [1.165, 1.54) is 16.1 Å². The average molecular weight is 454 g/mol. The number of ether oxygens (including phenoxy) is 1. The molecular formula is C19H27N5O4S2. The third kappa shape index (κ3) is 5.96. The van der Waals surface area contributed by atoms with Crippen LogP contribution in [0.4, 0.5) is 5.69 Å². The van der Waals surface area contributed by atoms with Crippen molar-refractivity contribution in [2.45, 2.75) is 37.6 Å². The Morgan fingerprint density at radius 3 is 2.70 bits per heavy atom. The van der Waals surface area contributed by atoms with E-state index in [-0.39, 0.29) is 24.3 Å². The topological polar surface area (TPSA) is 106 Å². The molecular weight excluding hydrogens is 426 g/mol. The summed E-state index contributed by atoms with van der Waals surface area (Å²) in [6, 6.07) is 7.25. The Bertz CT molecular complexity index is 969. The highest BCUT2D eigenvalue weighted by atomic mass is 32.2. The minimum atomic E-state index is -3.51.